The van der Waals surface area contributed by atoms with Crippen LogP contribution >= 0.6 is 11.6 Å². The Morgan fingerprint density at radius 3 is 2.94 bits per heavy atom. The largest absolute Gasteiger partial charge is 0.335 e. The van der Waals surface area contributed by atoms with Crippen molar-refractivity contribution in [2.45, 2.75) is 39.2 Å². The Balaban J connectivity index is 2.21. The van der Waals surface area contributed by atoms with Crippen LogP contribution in [-0.2, 0) is 0 Å². The summed E-state index contributed by atoms with van der Waals surface area (Å²) in [7, 11) is 0. The first-order valence-corrected chi connectivity index (χ1v) is 6.90. The maximum Gasteiger partial charge on any atom is 0.254 e. The van der Waals surface area contributed by atoms with Gasteiger partial charge in [0.15, 0.2) is 0 Å². The third-order valence-corrected chi connectivity index (χ3v) is 3.76. The number of carbonyl (C=O) groups excluding carboxylic acids is 1. The second-order valence-electron chi connectivity index (χ2n) is 5.17. The summed E-state index contributed by atoms with van der Waals surface area (Å²) in [5, 5.41) is 0.374. The van der Waals surface area contributed by atoms with Crippen LogP contribution in [0.25, 0.3) is 0 Å². The topological polar surface area (TPSA) is 33.2 Å². The van der Waals surface area contributed by atoms with Gasteiger partial charge < -0.3 is 4.90 Å². The van der Waals surface area contributed by atoms with Gasteiger partial charge in [-0.2, -0.15) is 0 Å². The number of amides is 1. The Morgan fingerprint density at radius 2 is 2.28 bits per heavy atom. The Bertz CT molecular complexity index is 434. The van der Waals surface area contributed by atoms with Gasteiger partial charge in [0.05, 0.1) is 0 Å². The van der Waals surface area contributed by atoms with Crippen LogP contribution in [0.2, 0.25) is 5.15 Å². The van der Waals surface area contributed by atoms with E-state index in [1.807, 2.05) is 4.90 Å². The minimum atomic E-state index is 0.0812. The molecule has 1 aromatic rings. The number of aromatic nitrogens is 1. The molecular formula is C14H19ClN2O. The van der Waals surface area contributed by atoms with Crippen molar-refractivity contribution in [3.63, 3.8) is 0 Å². The molecule has 0 aromatic carbocycles. The van der Waals surface area contributed by atoms with Crippen molar-refractivity contribution in [3.8, 4) is 0 Å². The fourth-order valence-electron chi connectivity index (χ4n) is 2.60. The van der Waals surface area contributed by atoms with Gasteiger partial charge in [0.25, 0.3) is 5.91 Å². The zero-order valence-electron chi connectivity index (χ0n) is 10.9. The van der Waals surface area contributed by atoms with Crippen LogP contribution in [0.4, 0.5) is 0 Å². The smallest absolute Gasteiger partial charge is 0.254 e. The monoisotopic (exact) mass is 266 g/mol. The van der Waals surface area contributed by atoms with E-state index >= 15 is 0 Å². The molecule has 0 saturated carbocycles. The normalized spacial score (nSPS) is 20.2. The molecule has 0 bridgehead atoms. The minimum absolute atomic E-state index is 0.0812. The molecule has 1 saturated heterocycles. The molecule has 1 aliphatic heterocycles. The number of nitrogens with zero attached hydrogens (tertiary/aromatic N) is 2. The molecule has 1 aromatic heterocycles. The Kier molecular flexibility index (Phi) is 4.23. The van der Waals surface area contributed by atoms with Crippen LogP contribution in [-0.4, -0.2) is 28.4 Å². The van der Waals surface area contributed by atoms with Crippen LogP contribution < -0.4 is 0 Å². The van der Waals surface area contributed by atoms with E-state index in [1.165, 1.54) is 6.42 Å². The predicted octanol–water partition coefficient (Wildman–Crippen LogP) is 3.39. The molecule has 2 heterocycles. The van der Waals surface area contributed by atoms with E-state index in [1.54, 1.807) is 18.3 Å². The van der Waals surface area contributed by atoms with E-state index in [-0.39, 0.29) is 5.91 Å². The SMILES string of the molecule is CC(C)[C@@H]1CCCCN1C(=O)c1ccnc(Cl)c1. The van der Waals surface area contributed by atoms with Crippen LogP contribution in [0, 0.1) is 5.92 Å². The highest BCUT2D eigenvalue weighted by Gasteiger charge is 2.29. The zero-order valence-corrected chi connectivity index (χ0v) is 11.7. The summed E-state index contributed by atoms with van der Waals surface area (Å²) in [4.78, 5) is 18.4. The number of piperidine rings is 1. The van der Waals surface area contributed by atoms with E-state index in [4.69, 9.17) is 11.6 Å². The molecule has 1 aliphatic rings. The van der Waals surface area contributed by atoms with E-state index in [9.17, 15) is 4.79 Å². The molecule has 1 amide bonds. The standard InChI is InChI=1S/C14H19ClN2O/c1-10(2)12-5-3-4-8-17(12)14(18)11-6-7-16-13(15)9-11/h6-7,9-10,12H,3-5,8H2,1-2H3/t12-/m0/s1. The van der Waals surface area contributed by atoms with Crippen LogP contribution in [0.15, 0.2) is 18.3 Å². The Labute approximate surface area is 113 Å². The van der Waals surface area contributed by atoms with Gasteiger partial charge in [-0.3, -0.25) is 4.79 Å². The Morgan fingerprint density at radius 1 is 1.50 bits per heavy atom. The summed E-state index contributed by atoms with van der Waals surface area (Å²) in [6, 6.07) is 3.73. The number of carbonyl (C=O) groups is 1. The summed E-state index contributed by atoms with van der Waals surface area (Å²) < 4.78 is 0. The van der Waals surface area contributed by atoms with E-state index in [2.05, 4.69) is 18.8 Å². The lowest BCUT2D eigenvalue weighted by Crippen LogP contribution is -2.46. The van der Waals surface area contributed by atoms with Gasteiger partial charge in [0, 0.05) is 24.3 Å². The lowest BCUT2D eigenvalue weighted by atomic mass is 9.92. The van der Waals surface area contributed by atoms with E-state index < -0.39 is 0 Å². The summed E-state index contributed by atoms with van der Waals surface area (Å²) in [5.41, 5.74) is 0.641. The Hall–Kier alpha value is -1.09. The van der Waals surface area contributed by atoms with Gasteiger partial charge in [-0.25, -0.2) is 4.98 Å². The van der Waals surface area contributed by atoms with Crippen LogP contribution in [0.1, 0.15) is 43.5 Å². The molecular weight excluding hydrogens is 248 g/mol. The predicted molar refractivity (Wildman–Crippen MR) is 72.8 cm³/mol. The first-order chi connectivity index (χ1) is 8.59. The summed E-state index contributed by atoms with van der Waals surface area (Å²) in [5.74, 6) is 0.573. The average Bonchev–Trinajstić information content (AvgIpc) is 2.38. The fraction of sp³-hybridized carbons (Fsp3) is 0.571. The molecule has 0 unspecified atom stereocenters. The van der Waals surface area contributed by atoms with Crippen molar-refractivity contribution in [3.05, 3.63) is 29.0 Å². The van der Waals surface area contributed by atoms with Crippen LogP contribution in [0.5, 0.6) is 0 Å². The molecule has 4 heteroatoms. The van der Waals surface area contributed by atoms with Crippen molar-refractivity contribution in [2.75, 3.05) is 6.54 Å². The maximum absolute atomic E-state index is 12.5. The van der Waals surface area contributed by atoms with Crippen molar-refractivity contribution in [1.29, 1.82) is 0 Å². The lowest BCUT2D eigenvalue weighted by Gasteiger charge is -2.38. The first-order valence-electron chi connectivity index (χ1n) is 6.52. The molecule has 0 radical (unpaired) electrons. The van der Waals surface area contributed by atoms with Crippen molar-refractivity contribution < 1.29 is 4.79 Å². The van der Waals surface area contributed by atoms with E-state index in [0.717, 1.165) is 19.4 Å². The summed E-state index contributed by atoms with van der Waals surface area (Å²) in [6.07, 6.45) is 4.99. The maximum atomic E-state index is 12.5. The summed E-state index contributed by atoms with van der Waals surface area (Å²) >= 11 is 5.84. The molecule has 2 rings (SSSR count). The number of hydrogen-bond acceptors (Lipinski definition) is 2. The molecule has 98 valence electrons. The third kappa shape index (κ3) is 2.83. The lowest BCUT2D eigenvalue weighted by molar-refractivity contribution is 0.0543. The second-order valence-corrected chi connectivity index (χ2v) is 5.56. The number of likely N-dealkylation sites (tertiary alicyclic amines) is 1. The molecule has 0 spiro atoms. The highest BCUT2D eigenvalue weighted by atomic mass is 35.5. The number of hydrogen-bond donors (Lipinski definition) is 0. The quantitative estimate of drug-likeness (QED) is 0.769. The van der Waals surface area contributed by atoms with Gasteiger partial charge in [0.2, 0.25) is 0 Å². The number of rotatable bonds is 2. The van der Waals surface area contributed by atoms with Crippen molar-refractivity contribution in [1.82, 2.24) is 9.88 Å². The van der Waals surface area contributed by atoms with Gasteiger partial charge in [-0.1, -0.05) is 25.4 Å². The number of pyridine rings is 1. The molecule has 0 aliphatic carbocycles. The molecule has 18 heavy (non-hydrogen) atoms. The number of halogens is 1. The minimum Gasteiger partial charge on any atom is -0.335 e. The average molecular weight is 267 g/mol. The molecule has 1 fully saturated rings. The fourth-order valence-corrected chi connectivity index (χ4v) is 2.78. The highest BCUT2D eigenvalue weighted by Crippen LogP contribution is 2.25. The molecule has 3 nitrogen and oxygen atoms in total. The highest BCUT2D eigenvalue weighted by molar-refractivity contribution is 6.29. The molecule has 1 atom stereocenters. The van der Waals surface area contributed by atoms with Crippen molar-refractivity contribution in [2.24, 2.45) is 5.92 Å². The van der Waals surface area contributed by atoms with Crippen LogP contribution in [0.3, 0.4) is 0 Å². The van der Waals surface area contributed by atoms with Gasteiger partial charge in [0.1, 0.15) is 5.15 Å². The molecule has 0 N–H and O–H groups in total. The summed E-state index contributed by atoms with van der Waals surface area (Å²) in [6.45, 7) is 5.20. The van der Waals surface area contributed by atoms with Gasteiger partial charge in [-0.05, 0) is 37.3 Å². The van der Waals surface area contributed by atoms with Gasteiger partial charge >= 0.3 is 0 Å². The first kappa shape index (κ1) is 13.3. The van der Waals surface area contributed by atoms with Gasteiger partial charge in [-0.15, -0.1) is 0 Å². The van der Waals surface area contributed by atoms with Crippen molar-refractivity contribution >= 4 is 17.5 Å². The second kappa shape index (κ2) is 5.70. The zero-order chi connectivity index (χ0) is 13.1. The van der Waals surface area contributed by atoms with E-state index in [0.29, 0.717) is 22.7 Å². The third-order valence-electron chi connectivity index (χ3n) is 3.55.